The van der Waals surface area contributed by atoms with Crippen molar-refractivity contribution in [2.24, 2.45) is 50.7 Å². The highest BCUT2D eigenvalue weighted by Gasteiger charge is 2.69. The highest BCUT2D eigenvalue weighted by Crippen LogP contribution is 2.76. The maximum atomic E-state index is 15.0. The van der Waals surface area contributed by atoms with Gasteiger partial charge in [-0.3, -0.25) is 0 Å². The largest absolute Gasteiger partial charge is 0.465 e. The molecule has 5 aliphatic carbocycles. The first-order valence-electron chi connectivity index (χ1n) is 15.9. The maximum Gasteiger partial charge on any atom is 0.340 e. The van der Waals surface area contributed by atoms with Crippen LogP contribution in [0.5, 0.6) is 0 Å². The van der Waals surface area contributed by atoms with Gasteiger partial charge < -0.3 is 9.53 Å². The Morgan fingerprint density at radius 2 is 1.66 bits per heavy atom. The van der Waals surface area contributed by atoms with Crippen LogP contribution < -0.4 is 0 Å². The molecule has 4 fully saturated rings. The molecular formula is C37H51FO3. The monoisotopic (exact) mass is 562 g/mol. The van der Waals surface area contributed by atoms with E-state index in [1.165, 1.54) is 70.0 Å². The third-order valence-corrected chi connectivity index (χ3v) is 13.9. The number of esters is 1. The van der Waals surface area contributed by atoms with Gasteiger partial charge in [0.25, 0.3) is 0 Å². The zero-order valence-corrected chi connectivity index (χ0v) is 26.3. The third-order valence-electron chi connectivity index (χ3n) is 13.9. The lowest BCUT2D eigenvalue weighted by Gasteiger charge is -2.72. The molecule has 0 N–H and O–H groups in total. The topological polar surface area (TPSA) is 43.4 Å². The molecular weight excluding hydrogens is 511 g/mol. The number of rotatable bonds is 3. The molecule has 8 atom stereocenters. The summed E-state index contributed by atoms with van der Waals surface area (Å²) >= 11 is 0. The standard InChI is InChI=1S/C35H47FO3.C2H4/c1-31(2)24(22-9-10-23(27(36)20-22)30(38)39-6)13-16-32(3)28(31)14-17-34(5)29(32)12-11-25-26-8-7-15-35(26,21-37)19-18-33(25,34)4;1-2/h9-10,13,20-21,25-26,28-29H,7-8,11-12,14-19H2,1-6H3;1-2H2/t25?,26?,28?,29?,32?,33-,34?,35?;/m1./s1. The molecule has 0 amide bonds. The summed E-state index contributed by atoms with van der Waals surface area (Å²) in [5, 5.41) is 0. The van der Waals surface area contributed by atoms with Gasteiger partial charge in [-0.05, 0) is 126 Å². The second-order valence-corrected chi connectivity index (χ2v) is 15.2. The lowest BCUT2D eigenvalue weighted by molar-refractivity contribution is -0.220. The van der Waals surface area contributed by atoms with Crippen molar-refractivity contribution in [1.29, 1.82) is 0 Å². The van der Waals surface area contributed by atoms with Crippen LogP contribution >= 0.6 is 0 Å². The molecule has 0 saturated heterocycles. The third kappa shape index (κ3) is 4.01. The van der Waals surface area contributed by atoms with Crippen LogP contribution in [0.2, 0.25) is 0 Å². The fourth-order valence-corrected chi connectivity index (χ4v) is 11.9. The Hall–Kier alpha value is -2.23. The van der Waals surface area contributed by atoms with E-state index in [2.05, 4.69) is 53.9 Å². The maximum absolute atomic E-state index is 15.0. The minimum absolute atomic E-state index is 0.00733. The summed E-state index contributed by atoms with van der Waals surface area (Å²) in [6, 6.07) is 5.00. The summed E-state index contributed by atoms with van der Waals surface area (Å²) in [5.41, 5.74) is 2.69. The van der Waals surface area contributed by atoms with Crippen molar-refractivity contribution in [2.45, 2.75) is 98.8 Å². The van der Waals surface area contributed by atoms with Crippen molar-refractivity contribution in [3.8, 4) is 0 Å². The van der Waals surface area contributed by atoms with Gasteiger partial charge in [0.1, 0.15) is 12.1 Å². The Labute approximate surface area is 247 Å². The molecule has 4 saturated carbocycles. The summed E-state index contributed by atoms with van der Waals surface area (Å²) in [6.45, 7) is 18.5. The van der Waals surface area contributed by atoms with E-state index in [-0.39, 0.29) is 32.6 Å². The van der Waals surface area contributed by atoms with Crippen molar-refractivity contribution < 1.29 is 18.7 Å². The molecule has 0 bridgehead atoms. The number of halogens is 1. The summed E-state index contributed by atoms with van der Waals surface area (Å²) < 4.78 is 19.7. The van der Waals surface area contributed by atoms with E-state index in [0.29, 0.717) is 23.7 Å². The summed E-state index contributed by atoms with van der Waals surface area (Å²) in [5.74, 6) is 1.25. The van der Waals surface area contributed by atoms with Gasteiger partial charge in [-0.2, -0.15) is 0 Å². The molecule has 6 rings (SSSR count). The molecule has 224 valence electrons. The number of allylic oxidation sites excluding steroid dienone is 2. The van der Waals surface area contributed by atoms with E-state index < -0.39 is 11.8 Å². The summed E-state index contributed by atoms with van der Waals surface area (Å²) in [4.78, 5) is 24.4. The first-order valence-corrected chi connectivity index (χ1v) is 15.9. The Bertz CT molecular complexity index is 1250. The lowest BCUT2D eigenvalue weighted by Crippen LogP contribution is -2.65. The predicted octanol–water partition coefficient (Wildman–Crippen LogP) is 9.46. The SMILES string of the molecule is C=C.COC(=O)c1ccc(C2=CCC3(C)C(CCC4(C)C3CCC3C5CCCC5(C=O)CC[C@]34C)C2(C)C)cc1F. The zero-order chi connectivity index (χ0) is 30.0. The number of carbonyl (C=O) groups excluding carboxylic acids is 2. The van der Waals surface area contributed by atoms with Crippen LogP contribution in [-0.2, 0) is 9.53 Å². The molecule has 0 aromatic heterocycles. The number of hydrogen-bond donors (Lipinski definition) is 0. The van der Waals surface area contributed by atoms with Crippen LogP contribution in [-0.4, -0.2) is 19.4 Å². The summed E-state index contributed by atoms with van der Waals surface area (Å²) in [6.07, 6.45) is 15.6. The van der Waals surface area contributed by atoms with E-state index in [1.807, 2.05) is 6.07 Å². The number of benzene rings is 1. The second-order valence-electron chi connectivity index (χ2n) is 15.2. The Morgan fingerprint density at radius 3 is 2.32 bits per heavy atom. The van der Waals surface area contributed by atoms with Crippen molar-refractivity contribution in [1.82, 2.24) is 0 Å². The highest BCUT2D eigenvalue weighted by atomic mass is 19.1. The fourth-order valence-electron chi connectivity index (χ4n) is 11.9. The van der Waals surface area contributed by atoms with E-state index in [9.17, 15) is 14.0 Å². The zero-order valence-electron chi connectivity index (χ0n) is 26.3. The fraction of sp³-hybridized carbons (Fsp3) is 0.676. The normalized spacial score (nSPS) is 42.2. The average molecular weight is 563 g/mol. The summed E-state index contributed by atoms with van der Waals surface area (Å²) in [7, 11) is 1.29. The Kier molecular flexibility index (Phi) is 7.52. The quantitative estimate of drug-likeness (QED) is 0.209. The van der Waals surface area contributed by atoms with E-state index in [4.69, 9.17) is 4.74 Å². The van der Waals surface area contributed by atoms with Gasteiger partial charge in [-0.25, -0.2) is 9.18 Å². The van der Waals surface area contributed by atoms with Gasteiger partial charge in [0, 0.05) is 5.41 Å². The van der Waals surface area contributed by atoms with Crippen molar-refractivity contribution in [3.05, 3.63) is 54.4 Å². The predicted molar refractivity (Wildman–Crippen MR) is 164 cm³/mol. The van der Waals surface area contributed by atoms with Crippen molar-refractivity contribution >= 4 is 17.8 Å². The smallest absolute Gasteiger partial charge is 0.340 e. The Morgan fingerprint density at radius 1 is 0.927 bits per heavy atom. The van der Waals surface area contributed by atoms with Crippen molar-refractivity contribution in [2.75, 3.05) is 7.11 Å². The van der Waals surface area contributed by atoms with Crippen LogP contribution in [0.25, 0.3) is 5.57 Å². The molecule has 0 aliphatic heterocycles. The molecule has 41 heavy (non-hydrogen) atoms. The van der Waals surface area contributed by atoms with Gasteiger partial charge in [0.2, 0.25) is 0 Å². The molecule has 5 aliphatic rings. The Balaban J connectivity index is 0.00000165. The molecule has 7 unspecified atom stereocenters. The molecule has 0 heterocycles. The minimum Gasteiger partial charge on any atom is -0.465 e. The molecule has 1 aromatic rings. The minimum atomic E-state index is -0.634. The first-order chi connectivity index (χ1) is 19.4. The number of ether oxygens (including phenoxy) is 1. The van der Waals surface area contributed by atoms with Gasteiger partial charge in [-0.15, -0.1) is 13.2 Å². The van der Waals surface area contributed by atoms with E-state index in [1.54, 1.807) is 6.07 Å². The van der Waals surface area contributed by atoms with Crippen molar-refractivity contribution in [3.63, 3.8) is 0 Å². The molecule has 0 radical (unpaired) electrons. The molecule has 1 aromatic carbocycles. The van der Waals surface area contributed by atoms with Gasteiger partial charge in [0.15, 0.2) is 0 Å². The number of methoxy groups -OCH3 is 1. The van der Waals surface area contributed by atoms with Gasteiger partial charge in [0.05, 0.1) is 12.7 Å². The van der Waals surface area contributed by atoms with Crippen LogP contribution in [0.3, 0.4) is 0 Å². The second kappa shape index (κ2) is 10.2. The average Bonchev–Trinajstić information content (AvgIpc) is 3.38. The molecule has 4 heteroatoms. The van der Waals surface area contributed by atoms with Gasteiger partial charge >= 0.3 is 5.97 Å². The van der Waals surface area contributed by atoms with Gasteiger partial charge in [-0.1, -0.05) is 53.2 Å². The molecule has 0 spiro atoms. The van der Waals surface area contributed by atoms with Crippen LogP contribution in [0, 0.1) is 56.6 Å². The number of aldehydes is 1. The lowest BCUT2D eigenvalue weighted by atomic mass is 9.33. The van der Waals surface area contributed by atoms with Crippen LogP contribution in [0.1, 0.15) is 115 Å². The van der Waals surface area contributed by atoms with E-state index in [0.717, 1.165) is 24.8 Å². The van der Waals surface area contributed by atoms with E-state index >= 15 is 0 Å². The number of fused-ring (bicyclic) bond motifs is 7. The number of carbonyl (C=O) groups is 2. The number of hydrogen-bond acceptors (Lipinski definition) is 3. The highest BCUT2D eigenvalue weighted by molar-refractivity contribution is 5.90. The van der Waals surface area contributed by atoms with Crippen LogP contribution in [0.15, 0.2) is 37.4 Å². The van der Waals surface area contributed by atoms with Crippen LogP contribution in [0.4, 0.5) is 4.39 Å². The first kappa shape index (κ1) is 30.2. The molecule has 3 nitrogen and oxygen atoms in total.